The molecule has 1 amide bonds. The van der Waals surface area contributed by atoms with E-state index in [9.17, 15) is 14.4 Å². The van der Waals surface area contributed by atoms with Crippen molar-refractivity contribution in [3.63, 3.8) is 0 Å². The van der Waals surface area contributed by atoms with Gasteiger partial charge in [-0.15, -0.1) is 0 Å². The summed E-state index contributed by atoms with van der Waals surface area (Å²) in [4.78, 5) is 35.8. The molecule has 0 atom stereocenters. The summed E-state index contributed by atoms with van der Waals surface area (Å²) in [6.45, 7) is 1.63. The lowest BCUT2D eigenvalue weighted by Crippen LogP contribution is -2.33. The van der Waals surface area contributed by atoms with Crippen molar-refractivity contribution >= 4 is 27.8 Å². The zero-order valence-corrected chi connectivity index (χ0v) is 12.3. The number of hydrazine groups is 1. The van der Waals surface area contributed by atoms with Crippen LogP contribution in [0, 0.1) is 6.92 Å². The van der Waals surface area contributed by atoms with Crippen molar-refractivity contribution in [3.8, 4) is 5.75 Å². The van der Waals surface area contributed by atoms with Crippen molar-refractivity contribution in [1.29, 1.82) is 0 Å². The van der Waals surface area contributed by atoms with Gasteiger partial charge >= 0.3 is 5.63 Å². The van der Waals surface area contributed by atoms with Crippen molar-refractivity contribution in [2.24, 2.45) is 5.84 Å². The van der Waals surface area contributed by atoms with Gasteiger partial charge in [0, 0.05) is 12.1 Å². The van der Waals surface area contributed by atoms with Gasteiger partial charge in [-0.25, -0.2) is 10.6 Å². The number of hydrogen-bond acceptors (Lipinski definition) is 7. The number of carbonyl (C=O) groups is 1. The Balaban J connectivity index is 2.53. The molecule has 23 heavy (non-hydrogen) atoms. The third kappa shape index (κ3) is 2.25. The quantitative estimate of drug-likeness (QED) is 0.236. The molecular formula is C15H12N2O6. The van der Waals surface area contributed by atoms with Gasteiger partial charge in [0.15, 0.2) is 5.43 Å². The minimum absolute atomic E-state index is 0.127. The van der Waals surface area contributed by atoms with Crippen LogP contribution in [0.2, 0.25) is 0 Å². The standard InChI is InChI=1S/C15H12N2O6/c1-6-3-9(18)12-11(22-6)5-10-7(13(12)21-2)4-8(14(19)17-16)15(20)23-10/h3-5H,16H2,1-2H3,(H,17,19). The smallest absolute Gasteiger partial charge is 0.349 e. The van der Waals surface area contributed by atoms with Crippen LogP contribution < -0.4 is 27.1 Å². The molecule has 0 aliphatic rings. The van der Waals surface area contributed by atoms with Crippen LogP contribution in [-0.2, 0) is 0 Å². The maximum atomic E-state index is 12.2. The maximum absolute atomic E-state index is 12.2. The molecule has 0 aliphatic carbocycles. The minimum atomic E-state index is -0.864. The molecule has 0 fully saturated rings. The number of hydrogen-bond donors (Lipinski definition) is 2. The number of aryl methyl sites for hydroxylation is 1. The molecular weight excluding hydrogens is 304 g/mol. The average molecular weight is 316 g/mol. The largest absolute Gasteiger partial charge is 0.495 e. The first-order valence-corrected chi connectivity index (χ1v) is 6.56. The summed E-state index contributed by atoms with van der Waals surface area (Å²) in [5, 5.41) is 0.480. The third-order valence-corrected chi connectivity index (χ3v) is 3.39. The van der Waals surface area contributed by atoms with Crippen LogP contribution in [0.1, 0.15) is 16.1 Å². The Labute approximate surface area is 128 Å². The normalized spacial score (nSPS) is 10.9. The molecule has 0 spiro atoms. The Morgan fingerprint density at radius 1 is 1.17 bits per heavy atom. The van der Waals surface area contributed by atoms with E-state index in [1.807, 2.05) is 5.43 Å². The summed E-state index contributed by atoms with van der Waals surface area (Å²) < 4.78 is 15.9. The van der Waals surface area contributed by atoms with Gasteiger partial charge in [-0.2, -0.15) is 0 Å². The van der Waals surface area contributed by atoms with E-state index in [1.165, 1.54) is 25.3 Å². The molecule has 8 nitrogen and oxygen atoms in total. The number of ether oxygens (including phenoxy) is 1. The first-order valence-electron chi connectivity index (χ1n) is 6.56. The molecule has 0 aliphatic heterocycles. The van der Waals surface area contributed by atoms with E-state index in [1.54, 1.807) is 6.92 Å². The molecule has 3 rings (SSSR count). The van der Waals surface area contributed by atoms with Crippen molar-refractivity contribution in [2.45, 2.75) is 6.92 Å². The highest BCUT2D eigenvalue weighted by Crippen LogP contribution is 2.33. The molecule has 8 heteroatoms. The molecule has 0 saturated carbocycles. The Hall–Kier alpha value is -3.13. The molecule has 0 saturated heterocycles. The molecule has 3 aromatic rings. The summed E-state index contributed by atoms with van der Waals surface area (Å²) in [7, 11) is 1.36. The van der Waals surface area contributed by atoms with Crippen LogP contribution in [0.3, 0.4) is 0 Å². The fraction of sp³-hybridized carbons (Fsp3) is 0.133. The summed E-state index contributed by atoms with van der Waals surface area (Å²) in [5.74, 6) is 4.80. The fourth-order valence-corrected chi connectivity index (χ4v) is 2.43. The fourth-order valence-electron chi connectivity index (χ4n) is 2.43. The molecule has 0 radical (unpaired) electrons. The van der Waals surface area contributed by atoms with Crippen LogP contribution in [0.15, 0.2) is 36.6 Å². The highest BCUT2D eigenvalue weighted by Gasteiger charge is 2.19. The van der Waals surface area contributed by atoms with E-state index >= 15 is 0 Å². The number of nitrogen functional groups attached to an aromatic ring is 1. The molecule has 3 N–H and O–H groups in total. The van der Waals surface area contributed by atoms with Gasteiger partial charge in [0.2, 0.25) is 0 Å². The Bertz CT molecular complexity index is 1060. The second-order valence-corrected chi connectivity index (χ2v) is 4.84. The van der Waals surface area contributed by atoms with Crippen LogP contribution in [0.5, 0.6) is 5.75 Å². The van der Waals surface area contributed by atoms with E-state index in [0.717, 1.165) is 0 Å². The zero-order chi connectivity index (χ0) is 16.7. The number of carbonyl (C=O) groups excluding carboxylic acids is 1. The molecule has 118 valence electrons. The zero-order valence-electron chi connectivity index (χ0n) is 12.3. The lowest BCUT2D eigenvalue weighted by molar-refractivity contribution is 0.0950. The molecule has 2 heterocycles. The Morgan fingerprint density at radius 2 is 1.91 bits per heavy atom. The lowest BCUT2D eigenvalue weighted by Gasteiger charge is -2.09. The lowest BCUT2D eigenvalue weighted by atomic mass is 10.1. The second kappa shape index (κ2) is 5.25. The van der Waals surface area contributed by atoms with Crippen molar-refractivity contribution in [3.05, 3.63) is 50.2 Å². The number of rotatable bonds is 2. The highest BCUT2D eigenvalue weighted by atomic mass is 16.5. The predicted molar refractivity (Wildman–Crippen MR) is 81.5 cm³/mol. The minimum Gasteiger partial charge on any atom is -0.495 e. The topological polar surface area (TPSA) is 125 Å². The number of nitrogens with two attached hydrogens (primary N) is 1. The Morgan fingerprint density at radius 3 is 2.57 bits per heavy atom. The van der Waals surface area contributed by atoms with Gasteiger partial charge in [0.25, 0.3) is 5.91 Å². The van der Waals surface area contributed by atoms with Crippen LogP contribution in [-0.4, -0.2) is 13.0 Å². The van der Waals surface area contributed by atoms with Gasteiger partial charge in [0.05, 0.1) is 12.5 Å². The van der Waals surface area contributed by atoms with E-state index in [-0.39, 0.29) is 38.7 Å². The summed E-state index contributed by atoms with van der Waals surface area (Å²) >= 11 is 0. The van der Waals surface area contributed by atoms with Crippen LogP contribution >= 0.6 is 0 Å². The van der Waals surface area contributed by atoms with E-state index in [2.05, 4.69) is 0 Å². The monoisotopic (exact) mass is 316 g/mol. The third-order valence-electron chi connectivity index (χ3n) is 3.39. The average Bonchev–Trinajstić information content (AvgIpc) is 2.51. The SMILES string of the molecule is COc1c2cc(C(=O)NN)c(=O)oc2cc2oc(C)cc(=O)c12. The van der Waals surface area contributed by atoms with Gasteiger partial charge in [-0.3, -0.25) is 15.0 Å². The van der Waals surface area contributed by atoms with Crippen molar-refractivity contribution < 1.29 is 18.4 Å². The molecule has 0 bridgehead atoms. The van der Waals surface area contributed by atoms with Gasteiger partial charge in [-0.1, -0.05) is 0 Å². The van der Waals surface area contributed by atoms with E-state index in [0.29, 0.717) is 5.76 Å². The highest BCUT2D eigenvalue weighted by molar-refractivity contribution is 6.04. The predicted octanol–water partition coefficient (Wildman–Crippen LogP) is 0.820. The maximum Gasteiger partial charge on any atom is 0.349 e. The van der Waals surface area contributed by atoms with Gasteiger partial charge in [-0.05, 0) is 13.0 Å². The van der Waals surface area contributed by atoms with E-state index in [4.69, 9.17) is 19.4 Å². The summed E-state index contributed by atoms with van der Waals surface area (Å²) in [6, 6.07) is 4.00. The number of amides is 1. The molecule has 0 unspecified atom stereocenters. The number of methoxy groups -OCH3 is 1. The first kappa shape index (κ1) is 14.8. The summed E-state index contributed by atoms with van der Waals surface area (Å²) in [5.41, 5.74) is 0.740. The summed E-state index contributed by atoms with van der Waals surface area (Å²) in [6.07, 6.45) is 0. The van der Waals surface area contributed by atoms with Crippen molar-refractivity contribution in [2.75, 3.05) is 7.11 Å². The Kier molecular flexibility index (Phi) is 3.38. The molecule has 2 aromatic heterocycles. The second-order valence-electron chi connectivity index (χ2n) is 4.84. The number of benzene rings is 1. The van der Waals surface area contributed by atoms with Crippen LogP contribution in [0.4, 0.5) is 0 Å². The van der Waals surface area contributed by atoms with Gasteiger partial charge in [0.1, 0.15) is 33.6 Å². The molecule has 1 aromatic carbocycles. The van der Waals surface area contributed by atoms with Crippen molar-refractivity contribution in [1.82, 2.24) is 5.43 Å². The van der Waals surface area contributed by atoms with Gasteiger partial charge < -0.3 is 13.6 Å². The number of fused-ring (bicyclic) bond motifs is 2. The van der Waals surface area contributed by atoms with E-state index < -0.39 is 11.5 Å². The van der Waals surface area contributed by atoms with Crippen LogP contribution in [0.25, 0.3) is 21.9 Å². The number of nitrogens with one attached hydrogen (secondary N) is 1. The first-order chi connectivity index (χ1) is 11.0.